The lowest BCUT2D eigenvalue weighted by atomic mass is 10.2. The van der Waals surface area contributed by atoms with Gasteiger partial charge in [0.15, 0.2) is 17.7 Å². The van der Waals surface area contributed by atoms with E-state index in [9.17, 15) is 18.4 Å². The van der Waals surface area contributed by atoms with Crippen molar-refractivity contribution >= 4 is 17.8 Å². The van der Waals surface area contributed by atoms with Gasteiger partial charge in [0.25, 0.3) is 5.91 Å². The molecule has 1 fully saturated rings. The fraction of sp³-hybridized carbons (Fsp3) is 0.333. The molecule has 2 N–H and O–H groups in total. The molecule has 1 atom stereocenters. The van der Waals surface area contributed by atoms with Gasteiger partial charge in [0, 0.05) is 18.2 Å². The molecule has 0 aliphatic heterocycles. The first-order chi connectivity index (χ1) is 14.4. The zero-order chi connectivity index (χ0) is 21.7. The molecule has 1 aliphatic rings. The van der Waals surface area contributed by atoms with Crippen LogP contribution in [0.3, 0.4) is 0 Å². The van der Waals surface area contributed by atoms with E-state index in [1.54, 1.807) is 13.0 Å². The highest BCUT2D eigenvalue weighted by atomic mass is 19.1. The minimum absolute atomic E-state index is 0.0132. The third-order valence-electron chi connectivity index (χ3n) is 4.37. The van der Waals surface area contributed by atoms with E-state index in [1.165, 1.54) is 18.2 Å². The Bertz CT molecular complexity index is 963. The van der Waals surface area contributed by atoms with Crippen LogP contribution in [0.4, 0.5) is 14.7 Å². The first-order valence-corrected chi connectivity index (χ1v) is 9.48. The van der Waals surface area contributed by atoms with Crippen molar-refractivity contribution in [3.8, 4) is 5.75 Å². The van der Waals surface area contributed by atoms with Crippen molar-refractivity contribution in [2.24, 2.45) is 5.92 Å². The smallest absolute Gasteiger partial charge is 0.270 e. The number of carbonyl (C=O) groups excluding carboxylic acids is 2. The van der Waals surface area contributed by atoms with Crippen molar-refractivity contribution < 1.29 is 23.1 Å². The van der Waals surface area contributed by atoms with E-state index in [-0.39, 0.29) is 42.4 Å². The molecule has 3 rings (SSSR count). The predicted molar refractivity (Wildman–Crippen MR) is 106 cm³/mol. The number of benzene rings is 1. The van der Waals surface area contributed by atoms with Gasteiger partial charge in [-0.25, -0.2) is 18.7 Å². The molecule has 0 bridgehead atoms. The zero-order valence-electron chi connectivity index (χ0n) is 16.5. The van der Waals surface area contributed by atoms with Crippen LogP contribution in [0, 0.1) is 18.7 Å². The normalized spacial score (nSPS) is 14.0. The molecule has 2 amide bonds. The summed E-state index contributed by atoms with van der Waals surface area (Å²) < 4.78 is 32.3. The fourth-order valence-electron chi connectivity index (χ4n) is 2.58. The molecule has 30 heavy (non-hydrogen) atoms. The summed E-state index contributed by atoms with van der Waals surface area (Å²) >= 11 is 0. The van der Waals surface area contributed by atoms with Gasteiger partial charge >= 0.3 is 0 Å². The minimum atomic E-state index is -1.39. The van der Waals surface area contributed by atoms with Crippen molar-refractivity contribution in [2.75, 3.05) is 11.9 Å². The maximum absolute atomic E-state index is 14.1. The minimum Gasteiger partial charge on any atom is -0.487 e. The van der Waals surface area contributed by atoms with E-state index in [2.05, 4.69) is 27.2 Å². The summed E-state index contributed by atoms with van der Waals surface area (Å²) in [5.41, 5.74) is 1.11. The molecule has 1 aliphatic carbocycles. The van der Waals surface area contributed by atoms with Gasteiger partial charge in [0.05, 0.1) is 0 Å². The molecule has 1 unspecified atom stereocenters. The maximum atomic E-state index is 14.1. The Morgan fingerprint density at radius 1 is 1.33 bits per heavy atom. The summed E-state index contributed by atoms with van der Waals surface area (Å²) in [7, 11) is 0. The number of halogens is 2. The van der Waals surface area contributed by atoms with Gasteiger partial charge in [-0.05, 0) is 43.5 Å². The Hall–Kier alpha value is -3.36. The average Bonchev–Trinajstić information content (AvgIpc) is 3.56. The van der Waals surface area contributed by atoms with Crippen LogP contribution in [0.5, 0.6) is 5.75 Å². The molecule has 0 radical (unpaired) electrons. The van der Waals surface area contributed by atoms with Gasteiger partial charge in [-0.2, -0.15) is 0 Å². The van der Waals surface area contributed by atoms with Gasteiger partial charge in [-0.15, -0.1) is 6.58 Å². The van der Waals surface area contributed by atoms with Crippen LogP contribution in [0.2, 0.25) is 0 Å². The maximum Gasteiger partial charge on any atom is 0.270 e. The number of aryl methyl sites for hydroxylation is 1. The SMILES string of the molecule is C=CC(F)COc1ccc(CNC(=O)c2cc(C)nc(NC(=O)C3CC3)n2)cc1F. The molecule has 158 valence electrons. The number of nitrogens with zero attached hydrogens (tertiary/aromatic N) is 2. The van der Waals surface area contributed by atoms with Crippen molar-refractivity contribution in [2.45, 2.75) is 32.5 Å². The third-order valence-corrected chi connectivity index (χ3v) is 4.37. The van der Waals surface area contributed by atoms with Crippen LogP contribution in [-0.2, 0) is 11.3 Å². The quantitative estimate of drug-likeness (QED) is 0.613. The largest absolute Gasteiger partial charge is 0.487 e. The van der Waals surface area contributed by atoms with Crippen LogP contribution in [0.15, 0.2) is 36.9 Å². The number of alkyl halides is 1. The number of aromatic nitrogens is 2. The monoisotopic (exact) mass is 416 g/mol. The average molecular weight is 416 g/mol. The number of ether oxygens (including phenoxy) is 1. The van der Waals surface area contributed by atoms with E-state index in [0.717, 1.165) is 18.9 Å². The Kier molecular flexibility index (Phi) is 6.71. The van der Waals surface area contributed by atoms with Gasteiger partial charge in [0.1, 0.15) is 12.3 Å². The number of hydrogen-bond acceptors (Lipinski definition) is 5. The molecule has 1 heterocycles. The lowest BCUT2D eigenvalue weighted by Gasteiger charge is -2.11. The van der Waals surface area contributed by atoms with Crippen LogP contribution in [-0.4, -0.2) is 34.6 Å². The Balaban J connectivity index is 1.59. The molecule has 9 heteroatoms. The number of nitrogens with one attached hydrogen (secondary N) is 2. The third kappa shape index (κ3) is 5.82. The zero-order valence-corrected chi connectivity index (χ0v) is 16.5. The second-order valence-electron chi connectivity index (χ2n) is 6.99. The van der Waals surface area contributed by atoms with E-state index in [4.69, 9.17) is 4.74 Å². The van der Waals surface area contributed by atoms with E-state index in [0.29, 0.717) is 11.3 Å². The molecule has 1 aromatic heterocycles. The van der Waals surface area contributed by atoms with Crippen LogP contribution < -0.4 is 15.4 Å². The van der Waals surface area contributed by atoms with Gasteiger partial charge in [0.2, 0.25) is 11.9 Å². The Morgan fingerprint density at radius 2 is 2.10 bits per heavy atom. The first-order valence-electron chi connectivity index (χ1n) is 9.48. The molecular weight excluding hydrogens is 394 g/mol. The van der Waals surface area contributed by atoms with Crippen molar-refractivity contribution in [1.82, 2.24) is 15.3 Å². The molecule has 2 aromatic rings. The summed E-state index contributed by atoms with van der Waals surface area (Å²) in [6.07, 6.45) is 1.36. The summed E-state index contributed by atoms with van der Waals surface area (Å²) in [5, 5.41) is 5.26. The molecular formula is C21H22F2N4O3. The van der Waals surface area contributed by atoms with E-state index >= 15 is 0 Å². The number of rotatable bonds is 9. The first kappa shape index (κ1) is 21.4. The number of carbonyl (C=O) groups is 2. The van der Waals surface area contributed by atoms with E-state index in [1.807, 2.05) is 0 Å². The topological polar surface area (TPSA) is 93.2 Å². The standard InChI is InChI=1S/C21H22F2N4O3/c1-3-15(22)11-30-18-7-4-13(9-16(18)23)10-24-20(29)17-8-12(2)25-21(26-17)27-19(28)14-5-6-14/h3-4,7-9,14-15H,1,5-6,10-11H2,2H3,(H,24,29)(H,25,26,27,28). The summed E-state index contributed by atoms with van der Waals surface area (Å²) in [6.45, 7) is 4.69. The number of hydrogen-bond donors (Lipinski definition) is 2. The summed E-state index contributed by atoms with van der Waals surface area (Å²) in [4.78, 5) is 32.5. The lowest BCUT2D eigenvalue weighted by molar-refractivity contribution is -0.117. The Morgan fingerprint density at radius 3 is 2.77 bits per heavy atom. The highest BCUT2D eigenvalue weighted by Crippen LogP contribution is 2.29. The highest BCUT2D eigenvalue weighted by Gasteiger charge is 2.30. The van der Waals surface area contributed by atoms with Gasteiger partial charge in [-0.1, -0.05) is 12.1 Å². The number of anilines is 1. The summed E-state index contributed by atoms with van der Waals surface area (Å²) in [5.74, 6) is -1.33. The molecule has 1 aromatic carbocycles. The van der Waals surface area contributed by atoms with Gasteiger partial charge < -0.3 is 10.1 Å². The van der Waals surface area contributed by atoms with Crippen LogP contribution in [0.1, 0.15) is 34.6 Å². The highest BCUT2D eigenvalue weighted by molar-refractivity contribution is 5.95. The predicted octanol–water partition coefficient (Wildman–Crippen LogP) is 3.11. The fourth-order valence-corrected chi connectivity index (χ4v) is 2.58. The molecule has 7 nitrogen and oxygen atoms in total. The van der Waals surface area contributed by atoms with Gasteiger partial charge in [-0.3, -0.25) is 14.9 Å². The molecule has 0 spiro atoms. The lowest BCUT2D eigenvalue weighted by Crippen LogP contribution is -2.25. The Labute approximate surface area is 172 Å². The molecule has 0 saturated heterocycles. The summed E-state index contributed by atoms with van der Waals surface area (Å²) in [6, 6.07) is 5.62. The van der Waals surface area contributed by atoms with E-state index < -0.39 is 17.9 Å². The van der Waals surface area contributed by atoms with Crippen molar-refractivity contribution in [3.63, 3.8) is 0 Å². The molecule has 1 saturated carbocycles. The van der Waals surface area contributed by atoms with Crippen molar-refractivity contribution in [3.05, 3.63) is 59.7 Å². The second kappa shape index (κ2) is 9.43. The second-order valence-corrected chi connectivity index (χ2v) is 6.99. The number of amides is 2. The van der Waals surface area contributed by atoms with Crippen molar-refractivity contribution in [1.29, 1.82) is 0 Å². The van der Waals surface area contributed by atoms with Crippen LogP contribution >= 0.6 is 0 Å². The van der Waals surface area contributed by atoms with Crippen LogP contribution in [0.25, 0.3) is 0 Å².